The highest BCUT2D eigenvalue weighted by Gasteiger charge is 2.15. The van der Waals surface area contributed by atoms with Crippen LogP contribution in [0.2, 0.25) is 5.02 Å². The first kappa shape index (κ1) is 18.1. The summed E-state index contributed by atoms with van der Waals surface area (Å²) in [5.74, 6) is 1.15. The highest BCUT2D eigenvalue weighted by molar-refractivity contribution is 6.31. The van der Waals surface area contributed by atoms with Gasteiger partial charge in [0.2, 0.25) is 0 Å². The van der Waals surface area contributed by atoms with Crippen LogP contribution in [0.4, 0.5) is 5.69 Å². The van der Waals surface area contributed by atoms with Crippen molar-refractivity contribution in [2.24, 2.45) is 0 Å². The summed E-state index contributed by atoms with van der Waals surface area (Å²) in [6.07, 6.45) is 1.63. The molecule has 136 valence electrons. The molecule has 0 aliphatic rings. The number of carbonyl (C=O) groups excluding carboxylic acids is 1. The van der Waals surface area contributed by atoms with Crippen molar-refractivity contribution >= 4 is 23.2 Å². The SMILES string of the molecule is CCn1ncc(NC(=O)c2ccc(COc3ccc(Cl)c(C)c3)o2)c1C. The molecule has 0 fully saturated rings. The number of aromatic nitrogens is 2. The molecule has 2 aromatic heterocycles. The van der Waals surface area contributed by atoms with Crippen molar-refractivity contribution in [1.82, 2.24) is 9.78 Å². The Hall–Kier alpha value is -2.73. The number of rotatable bonds is 6. The molecule has 7 heteroatoms. The Morgan fingerprint density at radius 3 is 2.81 bits per heavy atom. The van der Waals surface area contributed by atoms with Crippen LogP contribution in [0.15, 0.2) is 40.9 Å². The summed E-state index contributed by atoms with van der Waals surface area (Å²) < 4.78 is 13.1. The first-order valence-electron chi connectivity index (χ1n) is 8.29. The number of hydrogen-bond acceptors (Lipinski definition) is 4. The minimum Gasteiger partial charge on any atom is -0.486 e. The van der Waals surface area contributed by atoms with Gasteiger partial charge in [-0.25, -0.2) is 0 Å². The molecule has 0 atom stereocenters. The monoisotopic (exact) mass is 373 g/mol. The zero-order valence-corrected chi connectivity index (χ0v) is 15.6. The smallest absolute Gasteiger partial charge is 0.291 e. The molecule has 1 aromatic carbocycles. The largest absolute Gasteiger partial charge is 0.486 e. The third-order valence-electron chi connectivity index (χ3n) is 4.05. The van der Waals surface area contributed by atoms with Gasteiger partial charge in [0.15, 0.2) is 5.76 Å². The lowest BCUT2D eigenvalue weighted by Crippen LogP contribution is -2.11. The van der Waals surface area contributed by atoms with E-state index in [1.807, 2.05) is 31.5 Å². The molecule has 6 nitrogen and oxygen atoms in total. The predicted octanol–water partition coefficient (Wildman–Crippen LogP) is 4.60. The summed E-state index contributed by atoms with van der Waals surface area (Å²) in [4.78, 5) is 12.3. The van der Waals surface area contributed by atoms with E-state index >= 15 is 0 Å². The van der Waals surface area contributed by atoms with Crippen LogP contribution >= 0.6 is 11.6 Å². The van der Waals surface area contributed by atoms with Gasteiger partial charge in [0.25, 0.3) is 5.91 Å². The molecule has 26 heavy (non-hydrogen) atoms. The van der Waals surface area contributed by atoms with E-state index in [1.54, 1.807) is 30.5 Å². The number of hydrogen-bond donors (Lipinski definition) is 1. The summed E-state index contributed by atoms with van der Waals surface area (Å²) in [6.45, 7) is 6.77. The van der Waals surface area contributed by atoms with E-state index < -0.39 is 0 Å². The average molecular weight is 374 g/mol. The van der Waals surface area contributed by atoms with E-state index in [1.165, 1.54) is 0 Å². The van der Waals surface area contributed by atoms with Gasteiger partial charge in [0.1, 0.15) is 18.1 Å². The van der Waals surface area contributed by atoms with Crippen LogP contribution in [0, 0.1) is 13.8 Å². The third-order valence-corrected chi connectivity index (χ3v) is 4.47. The fourth-order valence-electron chi connectivity index (χ4n) is 2.51. The predicted molar refractivity (Wildman–Crippen MR) is 99.8 cm³/mol. The maximum absolute atomic E-state index is 12.3. The van der Waals surface area contributed by atoms with E-state index in [0.29, 0.717) is 22.2 Å². The molecule has 0 saturated heterocycles. The first-order chi connectivity index (χ1) is 12.5. The van der Waals surface area contributed by atoms with Crippen LogP contribution in [0.3, 0.4) is 0 Å². The van der Waals surface area contributed by atoms with Gasteiger partial charge in [0, 0.05) is 11.6 Å². The number of ether oxygens (including phenoxy) is 1. The van der Waals surface area contributed by atoms with Gasteiger partial charge < -0.3 is 14.5 Å². The van der Waals surface area contributed by atoms with Gasteiger partial charge in [-0.1, -0.05) is 11.6 Å². The third kappa shape index (κ3) is 3.91. The lowest BCUT2D eigenvalue weighted by atomic mass is 10.2. The summed E-state index contributed by atoms with van der Waals surface area (Å²) in [6, 6.07) is 8.78. The summed E-state index contributed by atoms with van der Waals surface area (Å²) in [5.41, 5.74) is 2.50. The van der Waals surface area contributed by atoms with E-state index in [2.05, 4.69) is 10.4 Å². The Balaban J connectivity index is 1.62. The number of anilines is 1. The van der Waals surface area contributed by atoms with Gasteiger partial charge in [-0.2, -0.15) is 5.10 Å². The zero-order chi connectivity index (χ0) is 18.7. The fraction of sp³-hybridized carbons (Fsp3) is 0.263. The van der Waals surface area contributed by atoms with Crippen molar-refractivity contribution in [3.8, 4) is 5.75 Å². The lowest BCUT2D eigenvalue weighted by Gasteiger charge is -2.06. The second-order valence-corrected chi connectivity index (χ2v) is 6.29. The Labute approximate surface area is 156 Å². The molecule has 2 heterocycles. The van der Waals surface area contributed by atoms with Crippen LogP contribution in [0.1, 0.15) is 34.5 Å². The number of nitrogens with zero attached hydrogens (tertiary/aromatic N) is 2. The zero-order valence-electron chi connectivity index (χ0n) is 14.9. The standard InChI is InChI=1S/C19H20ClN3O3/c1-4-23-13(3)17(10-21-23)22-19(24)18-8-6-15(26-18)11-25-14-5-7-16(20)12(2)9-14/h5-10H,4,11H2,1-3H3,(H,22,24). The molecule has 0 bridgehead atoms. The van der Waals surface area contributed by atoms with E-state index in [-0.39, 0.29) is 18.3 Å². The van der Waals surface area contributed by atoms with Crippen molar-refractivity contribution in [1.29, 1.82) is 0 Å². The van der Waals surface area contributed by atoms with Crippen molar-refractivity contribution in [2.75, 3.05) is 5.32 Å². The molecule has 0 aliphatic heterocycles. The molecule has 0 spiro atoms. The Morgan fingerprint density at radius 1 is 1.31 bits per heavy atom. The number of furan rings is 1. The molecular formula is C19H20ClN3O3. The first-order valence-corrected chi connectivity index (χ1v) is 8.67. The van der Waals surface area contributed by atoms with Gasteiger partial charge in [-0.3, -0.25) is 9.48 Å². The minimum atomic E-state index is -0.322. The second-order valence-electron chi connectivity index (χ2n) is 5.88. The maximum Gasteiger partial charge on any atom is 0.291 e. The number of carbonyl (C=O) groups is 1. The Morgan fingerprint density at radius 2 is 2.12 bits per heavy atom. The number of benzene rings is 1. The number of aryl methyl sites for hydroxylation is 2. The van der Waals surface area contributed by atoms with Crippen LogP contribution < -0.4 is 10.1 Å². The molecule has 0 radical (unpaired) electrons. The van der Waals surface area contributed by atoms with Crippen LogP contribution in [0.25, 0.3) is 0 Å². The van der Waals surface area contributed by atoms with Gasteiger partial charge in [0.05, 0.1) is 17.6 Å². The minimum absolute atomic E-state index is 0.222. The van der Waals surface area contributed by atoms with E-state index in [0.717, 1.165) is 17.8 Å². The van der Waals surface area contributed by atoms with Crippen molar-refractivity contribution in [2.45, 2.75) is 33.9 Å². The van der Waals surface area contributed by atoms with Gasteiger partial charge in [-0.05, 0) is 56.7 Å². The van der Waals surface area contributed by atoms with Crippen molar-refractivity contribution < 1.29 is 13.9 Å². The molecule has 3 rings (SSSR count). The van der Waals surface area contributed by atoms with Crippen LogP contribution in [0.5, 0.6) is 5.75 Å². The highest BCUT2D eigenvalue weighted by atomic mass is 35.5. The summed E-state index contributed by atoms with van der Waals surface area (Å²) in [5, 5.41) is 7.71. The number of halogens is 1. The number of nitrogens with one attached hydrogen (secondary N) is 1. The summed E-state index contributed by atoms with van der Waals surface area (Å²) in [7, 11) is 0. The summed E-state index contributed by atoms with van der Waals surface area (Å²) >= 11 is 6.00. The molecule has 1 amide bonds. The number of amides is 1. The van der Waals surface area contributed by atoms with Crippen LogP contribution in [-0.2, 0) is 13.2 Å². The van der Waals surface area contributed by atoms with E-state index in [9.17, 15) is 4.79 Å². The van der Waals surface area contributed by atoms with E-state index in [4.69, 9.17) is 20.8 Å². The molecular weight excluding hydrogens is 354 g/mol. The molecule has 0 aliphatic carbocycles. The van der Waals surface area contributed by atoms with Gasteiger partial charge in [-0.15, -0.1) is 0 Å². The fourth-order valence-corrected chi connectivity index (χ4v) is 2.63. The molecule has 3 aromatic rings. The topological polar surface area (TPSA) is 69.3 Å². The molecule has 1 N–H and O–H groups in total. The maximum atomic E-state index is 12.3. The van der Waals surface area contributed by atoms with Crippen molar-refractivity contribution in [3.63, 3.8) is 0 Å². The van der Waals surface area contributed by atoms with Gasteiger partial charge >= 0.3 is 0 Å². The highest BCUT2D eigenvalue weighted by Crippen LogP contribution is 2.22. The normalized spacial score (nSPS) is 10.8. The Bertz CT molecular complexity index is 930. The van der Waals surface area contributed by atoms with Crippen molar-refractivity contribution in [3.05, 3.63) is 64.3 Å². The lowest BCUT2D eigenvalue weighted by molar-refractivity contribution is 0.0992. The second kappa shape index (κ2) is 7.66. The molecule has 0 saturated carbocycles. The van der Waals surface area contributed by atoms with Crippen LogP contribution in [-0.4, -0.2) is 15.7 Å². The Kier molecular flexibility index (Phi) is 5.32. The average Bonchev–Trinajstić information content (AvgIpc) is 3.23. The molecule has 0 unspecified atom stereocenters. The quantitative estimate of drug-likeness (QED) is 0.685.